The van der Waals surface area contributed by atoms with Gasteiger partial charge in [0.25, 0.3) is 0 Å². The van der Waals surface area contributed by atoms with Crippen molar-refractivity contribution in [1.82, 2.24) is 0 Å². The van der Waals surface area contributed by atoms with Crippen LogP contribution in [0.15, 0.2) is 34.5 Å². The van der Waals surface area contributed by atoms with Gasteiger partial charge in [0.15, 0.2) is 11.5 Å². The van der Waals surface area contributed by atoms with Gasteiger partial charge in [-0.25, -0.2) is 0 Å². The van der Waals surface area contributed by atoms with Crippen LogP contribution >= 0.6 is 0 Å². The fourth-order valence-electron chi connectivity index (χ4n) is 2.27. The highest BCUT2D eigenvalue weighted by Crippen LogP contribution is 2.40. The Hall–Kier alpha value is -3.34. The van der Waals surface area contributed by atoms with Crippen molar-refractivity contribution < 1.29 is 32.2 Å². The number of halogens is 2. The van der Waals surface area contributed by atoms with E-state index in [0.29, 0.717) is 11.3 Å². The summed E-state index contributed by atoms with van der Waals surface area (Å²) in [4.78, 5) is 12.4. The molecule has 136 valence electrons. The van der Waals surface area contributed by atoms with Crippen molar-refractivity contribution in [3.63, 3.8) is 0 Å². The Morgan fingerprint density at radius 2 is 1.88 bits per heavy atom. The molecule has 1 heterocycles. The molecule has 0 unspecified atom stereocenters. The number of benzene rings is 1. The molecule has 2 rings (SSSR count). The van der Waals surface area contributed by atoms with Crippen molar-refractivity contribution in [3.05, 3.63) is 46.9 Å². The molecule has 0 aliphatic rings. The van der Waals surface area contributed by atoms with E-state index in [1.165, 1.54) is 44.8 Å². The maximum absolute atomic E-state index is 12.6. The number of aryl methyl sites for hydroxylation is 1. The van der Waals surface area contributed by atoms with Crippen LogP contribution in [0.3, 0.4) is 0 Å². The average molecular weight is 363 g/mol. The Kier molecular flexibility index (Phi) is 5.96. The number of rotatable bonds is 7. The van der Waals surface area contributed by atoms with Gasteiger partial charge in [-0.3, -0.25) is 4.79 Å². The first kappa shape index (κ1) is 19.0. The van der Waals surface area contributed by atoms with Gasteiger partial charge in [0.05, 0.1) is 26.0 Å². The largest absolute Gasteiger partial charge is 0.493 e. The van der Waals surface area contributed by atoms with Gasteiger partial charge in [0, 0.05) is 0 Å². The zero-order valence-electron chi connectivity index (χ0n) is 14.2. The normalized spacial score (nSPS) is 11.2. The molecule has 26 heavy (non-hydrogen) atoms. The number of allylic oxidation sites excluding steroid dienone is 1. The second kappa shape index (κ2) is 8.16. The summed E-state index contributed by atoms with van der Waals surface area (Å²) in [6, 6.07) is 6.00. The smallest absolute Gasteiger partial charge is 0.387 e. The van der Waals surface area contributed by atoms with Crippen LogP contribution in [0.4, 0.5) is 8.78 Å². The van der Waals surface area contributed by atoms with Crippen molar-refractivity contribution in [2.45, 2.75) is 13.5 Å². The maximum atomic E-state index is 12.6. The number of ketones is 1. The molecule has 1 aromatic heterocycles. The van der Waals surface area contributed by atoms with Gasteiger partial charge in [0.2, 0.25) is 11.5 Å². The zero-order valence-corrected chi connectivity index (χ0v) is 14.2. The predicted octanol–water partition coefficient (Wildman–Crippen LogP) is 4.00. The van der Waals surface area contributed by atoms with E-state index in [1.807, 2.05) is 6.07 Å². The highest BCUT2D eigenvalue weighted by Gasteiger charge is 2.20. The first-order chi connectivity index (χ1) is 12.4. The molecular formula is C18H15F2NO5. The van der Waals surface area contributed by atoms with Gasteiger partial charge in [-0.1, -0.05) is 0 Å². The van der Waals surface area contributed by atoms with Crippen LogP contribution in [0.25, 0.3) is 6.08 Å². The second-order valence-electron chi connectivity index (χ2n) is 5.02. The first-order valence-corrected chi connectivity index (χ1v) is 7.32. The minimum atomic E-state index is -3.07. The number of ether oxygens (including phenoxy) is 3. The van der Waals surface area contributed by atoms with Crippen LogP contribution in [-0.4, -0.2) is 26.6 Å². The number of alkyl halides is 2. The van der Waals surface area contributed by atoms with Crippen LogP contribution in [0.5, 0.6) is 17.2 Å². The van der Waals surface area contributed by atoms with E-state index in [9.17, 15) is 18.8 Å². The van der Waals surface area contributed by atoms with Crippen molar-refractivity contribution in [1.29, 1.82) is 5.26 Å². The van der Waals surface area contributed by atoms with Crippen LogP contribution in [0, 0.1) is 18.3 Å². The monoisotopic (exact) mass is 363 g/mol. The molecule has 0 saturated heterocycles. The fraction of sp³-hybridized carbons (Fsp3) is 0.222. The van der Waals surface area contributed by atoms with Crippen LogP contribution in [0.2, 0.25) is 0 Å². The van der Waals surface area contributed by atoms with Crippen molar-refractivity contribution in [2.24, 2.45) is 0 Å². The third kappa shape index (κ3) is 4.00. The summed E-state index contributed by atoms with van der Waals surface area (Å²) < 4.78 is 44.7. The SMILES string of the molecule is COc1cc(/C=C(\C#N)C(=O)c2ccoc2C)cc(OC)c1OC(F)F. The number of Topliss-reactive ketones (excluding diaryl/α,β-unsaturated/α-hetero) is 1. The van der Waals surface area contributed by atoms with E-state index in [2.05, 4.69) is 4.74 Å². The van der Waals surface area contributed by atoms with Crippen molar-refractivity contribution in [3.8, 4) is 23.3 Å². The zero-order chi connectivity index (χ0) is 19.3. The first-order valence-electron chi connectivity index (χ1n) is 7.32. The summed E-state index contributed by atoms with van der Waals surface area (Å²) >= 11 is 0. The molecule has 0 aliphatic carbocycles. The van der Waals surface area contributed by atoms with Crippen LogP contribution in [0.1, 0.15) is 21.7 Å². The molecule has 0 N–H and O–H groups in total. The number of hydrogen-bond donors (Lipinski definition) is 0. The molecule has 8 heteroatoms. The molecule has 6 nitrogen and oxygen atoms in total. The lowest BCUT2D eigenvalue weighted by Crippen LogP contribution is -2.06. The standard InChI is InChI=1S/C18H15F2NO5/c1-10-13(4-5-25-10)16(22)12(9-21)6-11-7-14(23-2)17(26-18(19)20)15(8-11)24-3/h4-8,18H,1-3H3/b12-6+. The molecule has 2 aromatic rings. The number of carbonyl (C=O) groups excluding carboxylic acids is 1. The van der Waals surface area contributed by atoms with Crippen LogP contribution in [-0.2, 0) is 0 Å². The Morgan fingerprint density at radius 1 is 1.27 bits per heavy atom. The van der Waals surface area contributed by atoms with Gasteiger partial charge < -0.3 is 18.6 Å². The fourth-order valence-corrected chi connectivity index (χ4v) is 2.27. The van der Waals surface area contributed by atoms with Crippen molar-refractivity contribution >= 4 is 11.9 Å². The summed E-state index contributed by atoms with van der Waals surface area (Å²) in [5.41, 5.74) is 0.432. The summed E-state index contributed by atoms with van der Waals surface area (Å²) in [6.07, 6.45) is 2.64. The van der Waals surface area contributed by atoms with Gasteiger partial charge in [-0.15, -0.1) is 0 Å². The lowest BCUT2D eigenvalue weighted by Gasteiger charge is -2.14. The minimum Gasteiger partial charge on any atom is -0.493 e. The average Bonchev–Trinajstić information content (AvgIpc) is 3.05. The van der Waals surface area contributed by atoms with Gasteiger partial charge >= 0.3 is 6.61 Å². The molecule has 0 saturated carbocycles. The molecular weight excluding hydrogens is 348 g/mol. The van der Waals surface area contributed by atoms with Crippen LogP contribution < -0.4 is 14.2 Å². The molecule has 0 spiro atoms. The summed E-state index contributed by atoms with van der Waals surface area (Å²) in [5, 5.41) is 9.32. The van der Waals surface area contributed by atoms with E-state index >= 15 is 0 Å². The highest BCUT2D eigenvalue weighted by atomic mass is 19.3. The molecule has 0 amide bonds. The van der Waals surface area contributed by atoms with Gasteiger partial charge in [-0.05, 0) is 36.8 Å². The van der Waals surface area contributed by atoms with E-state index in [4.69, 9.17) is 13.9 Å². The number of nitrogens with zero attached hydrogens (tertiary/aromatic N) is 1. The molecule has 0 radical (unpaired) electrons. The number of carbonyl (C=O) groups is 1. The number of furan rings is 1. The second-order valence-corrected chi connectivity index (χ2v) is 5.02. The Bertz CT molecular complexity index is 855. The lowest BCUT2D eigenvalue weighted by molar-refractivity contribution is -0.0526. The summed E-state index contributed by atoms with van der Waals surface area (Å²) in [7, 11) is 2.54. The van der Waals surface area contributed by atoms with Gasteiger partial charge in [-0.2, -0.15) is 14.0 Å². The quantitative estimate of drug-likeness (QED) is 0.420. The molecule has 0 atom stereocenters. The number of nitriles is 1. The summed E-state index contributed by atoms with van der Waals surface area (Å²) in [6.45, 7) is -1.47. The highest BCUT2D eigenvalue weighted by molar-refractivity contribution is 6.14. The summed E-state index contributed by atoms with van der Waals surface area (Å²) in [5.74, 6) is -0.477. The number of hydrogen-bond acceptors (Lipinski definition) is 6. The third-order valence-corrected chi connectivity index (χ3v) is 3.47. The molecule has 0 fully saturated rings. The Morgan fingerprint density at radius 3 is 2.31 bits per heavy atom. The van der Waals surface area contributed by atoms with E-state index in [1.54, 1.807) is 6.92 Å². The Balaban J connectivity index is 2.50. The lowest BCUT2D eigenvalue weighted by atomic mass is 10.0. The molecule has 1 aromatic carbocycles. The minimum absolute atomic E-state index is 0.0277. The molecule has 0 aliphatic heterocycles. The van der Waals surface area contributed by atoms with E-state index in [-0.39, 0.29) is 28.4 Å². The van der Waals surface area contributed by atoms with E-state index in [0.717, 1.165) is 0 Å². The molecule has 0 bridgehead atoms. The van der Waals surface area contributed by atoms with E-state index < -0.39 is 12.4 Å². The predicted molar refractivity (Wildman–Crippen MR) is 87.5 cm³/mol. The Labute approximate surface area is 148 Å². The topological polar surface area (TPSA) is 81.7 Å². The van der Waals surface area contributed by atoms with Crippen molar-refractivity contribution in [2.75, 3.05) is 14.2 Å². The third-order valence-electron chi connectivity index (χ3n) is 3.47. The maximum Gasteiger partial charge on any atom is 0.387 e. The van der Waals surface area contributed by atoms with Gasteiger partial charge in [0.1, 0.15) is 17.4 Å². The number of methoxy groups -OCH3 is 2.